The molecule has 3 aromatic rings. The molecule has 0 aliphatic carbocycles. The van der Waals surface area contributed by atoms with E-state index in [-0.39, 0.29) is 11.2 Å². The molecule has 0 fully saturated rings. The van der Waals surface area contributed by atoms with Gasteiger partial charge in [-0.15, -0.1) is 0 Å². The van der Waals surface area contributed by atoms with Crippen LogP contribution in [0.5, 0.6) is 0 Å². The summed E-state index contributed by atoms with van der Waals surface area (Å²) in [5.74, 6) is 0.111. The molecule has 3 rings (SSSR count). The normalized spacial score (nSPS) is 10.8. The summed E-state index contributed by atoms with van der Waals surface area (Å²) >= 11 is 0. The molecule has 0 bridgehead atoms. The van der Waals surface area contributed by atoms with Gasteiger partial charge in [-0.2, -0.15) is 0 Å². The molecule has 0 saturated carbocycles. The average molecular weight is 283 g/mol. The molecule has 21 heavy (non-hydrogen) atoms. The van der Waals surface area contributed by atoms with Gasteiger partial charge in [-0.05, 0) is 36.4 Å². The van der Waals surface area contributed by atoms with E-state index in [1.54, 1.807) is 18.2 Å². The number of benzene rings is 2. The second-order valence-electron chi connectivity index (χ2n) is 5.06. The van der Waals surface area contributed by atoms with Crippen LogP contribution in [0.1, 0.15) is 0 Å². The van der Waals surface area contributed by atoms with Gasteiger partial charge in [0, 0.05) is 37.5 Å². The van der Waals surface area contributed by atoms with Crippen LogP contribution < -0.4 is 10.3 Å². The zero-order chi connectivity index (χ0) is 15.0. The fraction of sp³-hybridized carbons (Fsp3) is 0.118. The molecule has 1 aromatic heterocycles. The first-order valence-electron chi connectivity index (χ1n) is 6.56. The Labute approximate surface area is 121 Å². The van der Waals surface area contributed by atoms with Crippen molar-refractivity contribution in [2.24, 2.45) is 0 Å². The smallest absolute Gasteiger partial charge is 0.193 e. The summed E-state index contributed by atoms with van der Waals surface area (Å²) in [7, 11) is 3.84. The minimum absolute atomic E-state index is 0.110. The zero-order valence-electron chi connectivity index (χ0n) is 11.8. The molecular formula is C17H14FNO2. The Morgan fingerprint density at radius 1 is 1.00 bits per heavy atom. The lowest BCUT2D eigenvalue weighted by atomic mass is 10.1. The molecule has 4 heteroatoms. The van der Waals surface area contributed by atoms with Crippen molar-refractivity contribution in [2.45, 2.75) is 0 Å². The van der Waals surface area contributed by atoms with Gasteiger partial charge >= 0.3 is 0 Å². The molecule has 0 spiro atoms. The molecule has 0 aliphatic rings. The molecule has 0 unspecified atom stereocenters. The topological polar surface area (TPSA) is 33.5 Å². The summed E-state index contributed by atoms with van der Waals surface area (Å²) in [6.07, 6.45) is 0. The molecule has 106 valence electrons. The van der Waals surface area contributed by atoms with Crippen molar-refractivity contribution in [3.63, 3.8) is 0 Å². The van der Waals surface area contributed by atoms with Gasteiger partial charge < -0.3 is 9.32 Å². The quantitative estimate of drug-likeness (QED) is 0.719. The highest BCUT2D eigenvalue weighted by Crippen LogP contribution is 2.25. The fourth-order valence-electron chi connectivity index (χ4n) is 2.18. The Bertz CT molecular complexity index is 851. The summed E-state index contributed by atoms with van der Waals surface area (Å²) < 4.78 is 18.8. The molecule has 0 aliphatic heterocycles. The largest absolute Gasteiger partial charge is 0.456 e. The zero-order valence-corrected chi connectivity index (χ0v) is 11.8. The minimum Gasteiger partial charge on any atom is -0.456 e. The third-order valence-corrected chi connectivity index (χ3v) is 3.36. The van der Waals surface area contributed by atoms with Crippen LogP contribution >= 0.6 is 0 Å². The highest BCUT2D eigenvalue weighted by molar-refractivity contribution is 5.82. The number of hydrogen-bond acceptors (Lipinski definition) is 3. The van der Waals surface area contributed by atoms with Crippen LogP contribution in [-0.2, 0) is 0 Å². The van der Waals surface area contributed by atoms with Crippen LogP contribution in [0.4, 0.5) is 10.1 Å². The molecule has 1 heterocycles. The van der Waals surface area contributed by atoms with Gasteiger partial charge in [-0.3, -0.25) is 4.79 Å². The standard InChI is InChI=1S/C17H14FNO2/c1-19(2)13-7-8-14-15(20)10-16(21-17(14)9-13)11-3-5-12(18)6-4-11/h3-10H,1-2H3. The van der Waals surface area contributed by atoms with Crippen molar-refractivity contribution in [3.05, 3.63) is 64.6 Å². The predicted octanol–water partition coefficient (Wildman–Crippen LogP) is 3.67. The Balaban J connectivity index is 2.21. The number of anilines is 1. The Hall–Kier alpha value is -2.62. The lowest BCUT2D eigenvalue weighted by Crippen LogP contribution is -2.09. The summed E-state index contributed by atoms with van der Waals surface area (Å²) in [5, 5.41) is 0.534. The number of halogens is 1. The number of rotatable bonds is 2. The fourth-order valence-corrected chi connectivity index (χ4v) is 2.18. The molecule has 0 amide bonds. The maximum absolute atomic E-state index is 13.0. The highest BCUT2D eigenvalue weighted by Gasteiger charge is 2.08. The second kappa shape index (κ2) is 5.05. The van der Waals surface area contributed by atoms with Gasteiger partial charge in [0.1, 0.15) is 17.2 Å². The predicted molar refractivity (Wildman–Crippen MR) is 82.2 cm³/mol. The first-order valence-corrected chi connectivity index (χ1v) is 6.56. The molecule has 0 saturated heterocycles. The van der Waals surface area contributed by atoms with E-state index in [2.05, 4.69) is 0 Å². The van der Waals surface area contributed by atoms with E-state index >= 15 is 0 Å². The van der Waals surface area contributed by atoms with E-state index in [0.29, 0.717) is 22.3 Å². The van der Waals surface area contributed by atoms with E-state index in [9.17, 15) is 9.18 Å². The summed E-state index contributed by atoms with van der Waals surface area (Å²) in [5.41, 5.74) is 2.03. The molecule has 2 aromatic carbocycles. The van der Waals surface area contributed by atoms with Gasteiger partial charge in [-0.1, -0.05) is 0 Å². The monoisotopic (exact) mass is 283 g/mol. The van der Waals surface area contributed by atoms with Crippen LogP contribution in [-0.4, -0.2) is 14.1 Å². The number of fused-ring (bicyclic) bond motifs is 1. The van der Waals surface area contributed by atoms with Crippen molar-refractivity contribution >= 4 is 16.7 Å². The van der Waals surface area contributed by atoms with Crippen LogP contribution in [0.15, 0.2) is 57.7 Å². The van der Waals surface area contributed by atoms with Crippen LogP contribution in [0.2, 0.25) is 0 Å². The summed E-state index contributed by atoms with van der Waals surface area (Å²) in [4.78, 5) is 14.1. The van der Waals surface area contributed by atoms with E-state index in [1.807, 2.05) is 31.1 Å². The molecule has 0 N–H and O–H groups in total. The first kappa shape index (κ1) is 13.4. The van der Waals surface area contributed by atoms with Crippen molar-refractivity contribution in [1.82, 2.24) is 0 Å². The maximum atomic E-state index is 13.0. The van der Waals surface area contributed by atoms with Gasteiger partial charge in [0.2, 0.25) is 0 Å². The highest BCUT2D eigenvalue weighted by atomic mass is 19.1. The van der Waals surface area contributed by atoms with Gasteiger partial charge in [-0.25, -0.2) is 4.39 Å². The second-order valence-corrected chi connectivity index (χ2v) is 5.06. The molecule has 0 atom stereocenters. The van der Waals surface area contributed by atoms with Crippen molar-refractivity contribution < 1.29 is 8.81 Å². The Morgan fingerprint density at radius 3 is 2.38 bits per heavy atom. The lowest BCUT2D eigenvalue weighted by molar-refractivity contribution is 0.615. The van der Waals surface area contributed by atoms with Gasteiger partial charge in [0.25, 0.3) is 0 Å². The Kier molecular flexibility index (Phi) is 3.22. The first-order chi connectivity index (χ1) is 10.0. The van der Waals surface area contributed by atoms with E-state index in [1.165, 1.54) is 18.2 Å². The maximum Gasteiger partial charge on any atom is 0.193 e. The van der Waals surface area contributed by atoms with Gasteiger partial charge in [0.05, 0.1) is 5.39 Å². The number of nitrogens with zero attached hydrogens (tertiary/aromatic N) is 1. The van der Waals surface area contributed by atoms with Crippen molar-refractivity contribution in [1.29, 1.82) is 0 Å². The number of hydrogen-bond donors (Lipinski definition) is 0. The van der Waals surface area contributed by atoms with Crippen LogP contribution in [0, 0.1) is 5.82 Å². The molecule has 0 radical (unpaired) electrons. The third-order valence-electron chi connectivity index (χ3n) is 3.36. The lowest BCUT2D eigenvalue weighted by Gasteiger charge is -2.12. The van der Waals surface area contributed by atoms with Crippen LogP contribution in [0.25, 0.3) is 22.3 Å². The van der Waals surface area contributed by atoms with E-state index in [4.69, 9.17) is 4.42 Å². The minimum atomic E-state index is -0.322. The van der Waals surface area contributed by atoms with Gasteiger partial charge in [0.15, 0.2) is 5.43 Å². The van der Waals surface area contributed by atoms with E-state index < -0.39 is 0 Å². The van der Waals surface area contributed by atoms with Crippen molar-refractivity contribution in [2.75, 3.05) is 19.0 Å². The summed E-state index contributed by atoms with van der Waals surface area (Å²) in [6, 6.07) is 12.8. The Morgan fingerprint density at radius 2 is 1.71 bits per heavy atom. The van der Waals surface area contributed by atoms with Crippen molar-refractivity contribution in [3.8, 4) is 11.3 Å². The average Bonchev–Trinajstić information content (AvgIpc) is 2.47. The third kappa shape index (κ3) is 2.52. The van der Waals surface area contributed by atoms with E-state index in [0.717, 1.165) is 5.69 Å². The SMILES string of the molecule is CN(C)c1ccc2c(=O)cc(-c3ccc(F)cc3)oc2c1. The molecule has 3 nitrogen and oxygen atoms in total. The van der Waals surface area contributed by atoms with Crippen LogP contribution in [0.3, 0.4) is 0 Å². The summed E-state index contributed by atoms with van der Waals surface area (Å²) in [6.45, 7) is 0. The molecular weight excluding hydrogens is 269 g/mol.